The molecule has 0 bridgehead atoms. The van der Waals surface area contributed by atoms with E-state index in [4.69, 9.17) is 4.74 Å². The molecule has 8 heteroatoms. The summed E-state index contributed by atoms with van der Waals surface area (Å²) >= 11 is 0. The monoisotopic (exact) mass is 380 g/mol. The van der Waals surface area contributed by atoms with Crippen LogP contribution in [0.5, 0.6) is 0 Å². The van der Waals surface area contributed by atoms with Crippen molar-refractivity contribution < 1.29 is 22.7 Å². The summed E-state index contributed by atoms with van der Waals surface area (Å²) in [5.41, 5.74) is 0.872. The van der Waals surface area contributed by atoms with E-state index in [-0.39, 0.29) is 12.5 Å². The van der Waals surface area contributed by atoms with Crippen molar-refractivity contribution in [3.63, 3.8) is 0 Å². The fraction of sp³-hybridized carbons (Fsp3) is 0.556. The Hall–Kier alpha value is -2.09. The number of fused-ring (bicyclic) bond motifs is 1. The van der Waals surface area contributed by atoms with Crippen LogP contribution in [-0.2, 0) is 26.2 Å². The average molecular weight is 380 g/mol. The van der Waals surface area contributed by atoms with E-state index in [2.05, 4.69) is 0 Å². The first kappa shape index (κ1) is 18.7. The Kier molecular flexibility index (Phi) is 4.96. The van der Waals surface area contributed by atoms with Gasteiger partial charge in [0.1, 0.15) is 6.61 Å². The third kappa shape index (κ3) is 3.30. The molecule has 1 aromatic carbocycles. The van der Waals surface area contributed by atoms with Crippen molar-refractivity contribution >= 4 is 22.0 Å². The first-order valence-electron chi connectivity index (χ1n) is 8.72. The van der Waals surface area contributed by atoms with E-state index in [1.165, 1.54) is 4.90 Å². The molecule has 0 spiro atoms. The van der Waals surface area contributed by atoms with Crippen LogP contribution in [0.15, 0.2) is 30.3 Å². The fourth-order valence-corrected chi connectivity index (χ4v) is 5.22. The van der Waals surface area contributed by atoms with E-state index in [1.54, 1.807) is 0 Å². The highest BCUT2D eigenvalue weighted by atomic mass is 32.2. The van der Waals surface area contributed by atoms with Crippen molar-refractivity contribution in [1.29, 1.82) is 0 Å². The number of amides is 2. The molecule has 2 aliphatic heterocycles. The Bertz CT molecular complexity index is 793. The van der Waals surface area contributed by atoms with E-state index in [1.807, 2.05) is 44.2 Å². The maximum absolute atomic E-state index is 12.7. The van der Waals surface area contributed by atoms with Gasteiger partial charge in [0.25, 0.3) is 0 Å². The van der Waals surface area contributed by atoms with E-state index < -0.39 is 40.0 Å². The molecule has 3 atom stereocenters. The molecule has 0 aliphatic carbocycles. The molecule has 0 N–H and O–H groups in total. The maximum atomic E-state index is 12.7. The van der Waals surface area contributed by atoms with Gasteiger partial charge in [-0.15, -0.1) is 0 Å². The number of rotatable bonds is 4. The van der Waals surface area contributed by atoms with Crippen LogP contribution in [0.1, 0.15) is 25.8 Å². The second-order valence-corrected chi connectivity index (χ2v) is 9.11. The topological polar surface area (TPSA) is 84.0 Å². The largest absolute Gasteiger partial charge is 0.445 e. The molecule has 0 radical (unpaired) electrons. The third-order valence-electron chi connectivity index (χ3n) is 5.11. The highest BCUT2D eigenvalue weighted by Crippen LogP contribution is 2.41. The van der Waals surface area contributed by atoms with Gasteiger partial charge in [-0.25, -0.2) is 17.5 Å². The van der Waals surface area contributed by atoms with Crippen molar-refractivity contribution in [2.45, 2.75) is 39.0 Å². The maximum Gasteiger partial charge on any atom is 0.410 e. The lowest BCUT2D eigenvalue weighted by atomic mass is 9.88. The molecule has 1 aromatic rings. The summed E-state index contributed by atoms with van der Waals surface area (Å²) in [5, 5.41) is 0. The van der Waals surface area contributed by atoms with Gasteiger partial charge in [0, 0.05) is 6.54 Å². The van der Waals surface area contributed by atoms with Gasteiger partial charge in [-0.3, -0.25) is 4.79 Å². The summed E-state index contributed by atoms with van der Waals surface area (Å²) in [6.45, 7) is 4.27. The molecule has 2 aliphatic rings. The molecule has 26 heavy (non-hydrogen) atoms. The van der Waals surface area contributed by atoms with Crippen molar-refractivity contribution in [2.24, 2.45) is 11.8 Å². The molecule has 0 saturated carbocycles. The zero-order valence-electron chi connectivity index (χ0n) is 15.2. The Labute approximate surface area is 154 Å². The van der Waals surface area contributed by atoms with E-state index in [0.29, 0.717) is 13.0 Å². The van der Waals surface area contributed by atoms with Crippen molar-refractivity contribution in [2.75, 3.05) is 12.8 Å². The van der Waals surface area contributed by atoms with Crippen LogP contribution in [0, 0.1) is 11.8 Å². The van der Waals surface area contributed by atoms with Crippen LogP contribution >= 0.6 is 0 Å². The predicted octanol–water partition coefficient (Wildman–Crippen LogP) is 1.84. The van der Waals surface area contributed by atoms with Gasteiger partial charge >= 0.3 is 6.09 Å². The van der Waals surface area contributed by atoms with E-state index in [9.17, 15) is 18.0 Å². The van der Waals surface area contributed by atoms with E-state index >= 15 is 0 Å². The van der Waals surface area contributed by atoms with Gasteiger partial charge in [0.05, 0.1) is 24.3 Å². The molecule has 2 heterocycles. The summed E-state index contributed by atoms with van der Waals surface area (Å²) in [4.78, 5) is 26.9. The zero-order chi connectivity index (χ0) is 19.1. The third-order valence-corrected chi connectivity index (χ3v) is 6.27. The number of likely N-dealkylation sites (tertiary alicyclic amines) is 1. The minimum Gasteiger partial charge on any atom is -0.445 e. The molecule has 2 amide bonds. The van der Waals surface area contributed by atoms with Gasteiger partial charge in [0.2, 0.25) is 15.9 Å². The summed E-state index contributed by atoms with van der Waals surface area (Å²) in [7, 11) is -3.67. The smallest absolute Gasteiger partial charge is 0.410 e. The second kappa shape index (κ2) is 6.90. The van der Waals surface area contributed by atoms with Crippen LogP contribution in [0.25, 0.3) is 0 Å². The SMILES string of the molecule is CC(C)[C@H]1C(=O)N(S(C)(=O)=O)[C@H]2CCN(C(=O)OCc3ccccc3)[C@H]12. The normalized spacial score (nSPS) is 25.7. The number of nitrogens with zero attached hydrogens (tertiary/aromatic N) is 2. The van der Waals surface area contributed by atoms with E-state index in [0.717, 1.165) is 16.1 Å². The number of carbonyl (C=O) groups is 2. The molecular weight excluding hydrogens is 356 g/mol. The average Bonchev–Trinajstić information content (AvgIpc) is 3.08. The van der Waals surface area contributed by atoms with Crippen LogP contribution in [0.2, 0.25) is 0 Å². The number of ether oxygens (including phenoxy) is 1. The van der Waals surface area contributed by atoms with Gasteiger partial charge in [0.15, 0.2) is 0 Å². The summed E-state index contributed by atoms with van der Waals surface area (Å²) < 4.78 is 30.6. The molecule has 142 valence electrons. The molecule has 3 rings (SSSR count). The van der Waals surface area contributed by atoms with Crippen LogP contribution in [0.3, 0.4) is 0 Å². The minimum atomic E-state index is -3.67. The van der Waals surface area contributed by atoms with Crippen LogP contribution < -0.4 is 0 Å². The molecule has 2 fully saturated rings. The highest BCUT2D eigenvalue weighted by molar-refractivity contribution is 7.88. The molecule has 7 nitrogen and oxygen atoms in total. The first-order chi connectivity index (χ1) is 12.2. The Balaban J connectivity index is 1.80. The van der Waals surface area contributed by atoms with Gasteiger partial charge in [-0.2, -0.15) is 0 Å². The first-order valence-corrected chi connectivity index (χ1v) is 10.6. The lowest BCUT2D eigenvalue weighted by molar-refractivity contribution is -0.129. The Morgan fingerprint density at radius 3 is 2.50 bits per heavy atom. The fourth-order valence-electron chi connectivity index (χ4n) is 4.05. The predicted molar refractivity (Wildman–Crippen MR) is 95.5 cm³/mol. The van der Waals surface area contributed by atoms with Crippen LogP contribution in [0.4, 0.5) is 4.79 Å². The summed E-state index contributed by atoms with van der Waals surface area (Å²) in [6, 6.07) is 8.36. The van der Waals surface area contributed by atoms with Gasteiger partial charge < -0.3 is 9.64 Å². The lowest BCUT2D eigenvalue weighted by Crippen LogP contribution is -2.44. The number of benzene rings is 1. The van der Waals surface area contributed by atoms with Crippen LogP contribution in [-0.4, -0.2) is 54.5 Å². The molecule has 0 unspecified atom stereocenters. The zero-order valence-corrected chi connectivity index (χ0v) is 16.0. The Morgan fingerprint density at radius 1 is 1.27 bits per heavy atom. The Morgan fingerprint density at radius 2 is 1.92 bits per heavy atom. The quantitative estimate of drug-likeness (QED) is 0.796. The highest BCUT2D eigenvalue weighted by Gasteiger charge is 2.58. The number of hydrogen-bond acceptors (Lipinski definition) is 5. The lowest BCUT2D eigenvalue weighted by Gasteiger charge is -2.28. The van der Waals surface area contributed by atoms with Crippen molar-refractivity contribution in [1.82, 2.24) is 9.21 Å². The minimum absolute atomic E-state index is 0.0794. The number of carbonyl (C=O) groups excluding carboxylic acids is 2. The number of sulfonamides is 1. The molecule has 2 saturated heterocycles. The van der Waals surface area contributed by atoms with Crippen molar-refractivity contribution in [3.8, 4) is 0 Å². The summed E-state index contributed by atoms with van der Waals surface area (Å²) in [6.07, 6.45) is 0.976. The molecule has 0 aromatic heterocycles. The number of hydrogen-bond donors (Lipinski definition) is 0. The second-order valence-electron chi connectivity index (χ2n) is 7.25. The summed E-state index contributed by atoms with van der Waals surface area (Å²) in [5.74, 6) is -1.04. The van der Waals surface area contributed by atoms with Crippen molar-refractivity contribution in [3.05, 3.63) is 35.9 Å². The van der Waals surface area contributed by atoms with Gasteiger partial charge in [-0.05, 0) is 17.9 Å². The van der Waals surface area contributed by atoms with Gasteiger partial charge in [-0.1, -0.05) is 44.2 Å². The molecular formula is C18H24N2O5S. The standard InChI is InChI=1S/C18H24N2O5S/c1-12(2)15-16-14(20(17(15)21)26(3,23)24)9-10-19(16)18(22)25-11-13-7-5-4-6-8-13/h4-8,12,14-16H,9-11H2,1-3H3/t14-,15+,16-/m0/s1.